The molecule has 0 atom stereocenters. The summed E-state index contributed by atoms with van der Waals surface area (Å²) in [7, 11) is 0. The summed E-state index contributed by atoms with van der Waals surface area (Å²) < 4.78 is 0. The third-order valence-corrected chi connectivity index (χ3v) is 1.62. The number of hydrogen-bond acceptors (Lipinski definition) is 1. The molecule has 0 aliphatic rings. The maximum atomic E-state index is 8.58. The van der Waals surface area contributed by atoms with Crippen LogP contribution in [0.2, 0.25) is 0 Å². The minimum atomic E-state index is 0.0749. The van der Waals surface area contributed by atoms with Crippen molar-refractivity contribution < 1.29 is 5.11 Å². The summed E-state index contributed by atoms with van der Waals surface area (Å²) in [6, 6.07) is 7.91. The molecule has 0 saturated carbocycles. The van der Waals surface area contributed by atoms with E-state index in [2.05, 4.69) is 6.58 Å². The fourth-order valence-corrected chi connectivity index (χ4v) is 1.03. The Hall–Kier alpha value is -1.34. The first-order valence-corrected chi connectivity index (χ1v) is 3.87. The van der Waals surface area contributed by atoms with Crippen molar-refractivity contribution >= 4 is 12.2 Å². The van der Waals surface area contributed by atoms with Gasteiger partial charge in [-0.1, -0.05) is 49.1 Å². The lowest BCUT2D eigenvalue weighted by molar-refractivity contribution is 0.343. The average Bonchev–Trinajstić information content (AvgIpc) is 2.15. The maximum Gasteiger partial charge on any atom is 0.0615 e. The highest BCUT2D eigenvalue weighted by molar-refractivity contribution is 5.64. The standard InChI is InChI=1S/C11H12O/c1-2-10-6-3-4-7-11(10)8-5-9-12/h2-8,12H,1,9H2/b8-5+. The molecule has 1 nitrogen and oxygen atoms in total. The van der Waals surface area contributed by atoms with Crippen LogP contribution in [-0.4, -0.2) is 11.7 Å². The summed E-state index contributed by atoms with van der Waals surface area (Å²) in [5.41, 5.74) is 2.17. The zero-order chi connectivity index (χ0) is 8.81. The smallest absolute Gasteiger partial charge is 0.0615 e. The molecule has 1 N–H and O–H groups in total. The van der Waals surface area contributed by atoms with E-state index in [-0.39, 0.29) is 6.61 Å². The molecule has 0 fully saturated rings. The van der Waals surface area contributed by atoms with Crippen LogP contribution in [0.5, 0.6) is 0 Å². The first kappa shape index (κ1) is 8.75. The largest absolute Gasteiger partial charge is 0.392 e. The molecule has 0 aromatic heterocycles. The summed E-state index contributed by atoms with van der Waals surface area (Å²) in [5.74, 6) is 0. The van der Waals surface area contributed by atoms with Gasteiger partial charge in [-0.05, 0) is 11.1 Å². The van der Waals surface area contributed by atoms with Crippen LogP contribution in [0.15, 0.2) is 36.9 Å². The van der Waals surface area contributed by atoms with E-state index < -0.39 is 0 Å². The number of rotatable bonds is 3. The molecule has 0 radical (unpaired) electrons. The van der Waals surface area contributed by atoms with Gasteiger partial charge in [0.15, 0.2) is 0 Å². The zero-order valence-corrected chi connectivity index (χ0v) is 6.90. The molecular weight excluding hydrogens is 148 g/mol. The summed E-state index contributed by atoms with van der Waals surface area (Å²) in [5, 5.41) is 8.58. The van der Waals surface area contributed by atoms with E-state index in [1.54, 1.807) is 12.2 Å². The van der Waals surface area contributed by atoms with Crippen LogP contribution in [0.25, 0.3) is 12.2 Å². The minimum absolute atomic E-state index is 0.0749. The Bertz CT molecular complexity index is 287. The number of benzene rings is 1. The molecule has 0 amide bonds. The first-order valence-electron chi connectivity index (χ1n) is 3.87. The van der Waals surface area contributed by atoms with Gasteiger partial charge >= 0.3 is 0 Å². The molecule has 1 heteroatoms. The summed E-state index contributed by atoms with van der Waals surface area (Å²) >= 11 is 0. The van der Waals surface area contributed by atoms with Gasteiger partial charge in [0.2, 0.25) is 0 Å². The third kappa shape index (κ3) is 2.07. The molecular formula is C11H12O. The lowest BCUT2D eigenvalue weighted by Crippen LogP contribution is -1.79. The van der Waals surface area contributed by atoms with Gasteiger partial charge in [-0.25, -0.2) is 0 Å². The fraction of sp³-hybridized carbons (Fsp3) is 0.0909. The second-order valence-corrected chi connectivity index (χ2v) is 2.42. The monoisotopic (exact) mass is 160 g/mol. The molecule has 0 bridgehead atoms. The molecule has 0 unspecified atom stereocenters. The minimum Gasteiger partial charge on any atom is -0.392 e. The van der Waals surface area contributed by atoms with Crippen molar-refractivity contribution in [3.05, 3.63) is 48.0 Å². The van der Waals surface area contributed by atoms with Gasteiger partial charge in [0.25, 0.3) is 0 Å². The van der Waals surface area contributed by atoms with E-state index in [1.165, 1.54) is 0 Å². The number of aliphatic hydroxyl groups excluding tert-OH is 1. The predicted octanol–water partition coefficient (Wildman–Crippen LogP) is 2.34. The molecule has 12 heavy (non-hydrogen) atoms. The van der Waals surface area contributed by atoms with Crippen LogP contribution >= 0.6 is 0 Å². The van der Waals surface area contributed by atoms with E-state index in [9.17, 15) is 0 Å². The zero-order valence-electron chi connectivity index (χ0n) is 6.90. The van der Waals surface area contributed by atoms with Crippen molar-refractivity contribution in [2.24, 2.45) is 0 Å². The molecule has 1 aromatic rings. The van der Waals surface area contributed by atoms with E-state index in [4.69, 9.17) is 5.11 Å². The van der Waals surface area contributed by atoms with Gasteiger partial charge in [0.1, 0.15) is 0 Å². The van der Waals surface area contributed by atoms with Gasteiger partial charge in [0, 0.05) is 0 Å². The highest BCUT2D eigenvalue weighted by atomic mass is 16.2. The maximum absolute atomic E-state index is 8.58. The topological polar surface area (TPSA) is 20.2 Å². The van der Waals surface area contributed by atoms with Crippen molar-refractivity contribution in [2.45, 2.75) is 0 Å². The Kier molecular flexibility index (Phi) is 3.30. The number of hydrogen-bond donors (Lipinski definition) is 1. The SMILES string of the molecule is C=Cc1ccccc1/C=C/CO. The summed E-state index contributed by atoms with van der Waals surface area (Å²) in [4.78, 5) is 0. The Morgan fingerprint density at radius 2 is 1.92 bits per heavy atom. The second kappa shape index (κ2) is 4.52. The van der Waals surface area contributed by atoms with Gasteiger partial charge in [-0.3, -0.25) is 0 Å². The Morgan fingerprint density at radius 1 is 1.25 bits per heavy atom. The summed E-state index contributed by atoms with van der Waals surface area (Å²) in [6.45, 7) is 3.78. The summed E-state index contributed by atoms with van der Waals surface area (Å²) in [6.07, 6.45) is 5.40. The van der Waals surface area contributed by atoms with Crippen molar-refractivity contribution in [1.82, 2.24) is 0 Å². The van der Waals surface area contributed by atoms with Gasteiger partial charge in [0.05, 0.1) is 6.61 Å². The van der Waals surface area contributed by atoms with Crippen molar-refractivity contribution in [3.63, 3.8) is 0 Å². The molecule has 1 aromatic carbocycles. The Morgan fingerprint density at radius 3 is 2.50 bits per heavy atom. The molecule has 0 saturated heterocycles. The van der Waals surface area contributed by atoms with Gasteiger partial charge < -0.3 is 5.11 Å². The molecule has 0 aliphatic carbocycles. The van der Waals surface area contributed by atoms with Crippen LogP contribution in [0.4, 0.5) is 0 Å². The highest BCUT2D eigenvalue weighted by Crippen LogP contribution is 2.11. The van der Waals surface area contributed by atoms with Crippen LogP contribution < -0.4 is 0 Å². The lowest BCUT2D eigenvalue weighted by Gasteiger charge is -1.98. The Labute approximate surface area is 72.7 Å². The normalized spacial score (nSPS) is 10.4. The van der Waals surface area contributed by atoms with Crippen LogP contribution in [0.1, 0.15) is 11.1 Å². The fourth-order valence-electron chi connectivity index (χ4n) is 1.03. The Balaban J connectivity index is 2.96. The van der Waals surface area contributed by atoms with E-state index in [0.717, 1.165) is 11.1 Å². The average molecular weight is 160 g/mol. The van der Waals surface area contributed by atoms with Crippen molar-refractivity contribution in [3.8, 4) is 0 Å². The molecule has 0 heterocycles. The highest BCUT2D eigenvalue weighted by Gasteiger charge is 1.91. The quantitative estimate of drug-likeness (QED) is 0.719. The molecule has 62 valence electrons. The van der Waals surface area contributed by atoms with Crippen LogP contribution in [-0.2, 0) is 0 Å². The van der Waals surface area contributed by atoms with E-state index >= 15 is 0 Å². The van der Waals surface area contributed by atoms with E-state index in [1.807, 2.05) is 30.3 Å². The predicted molar refractivity (Wildman–Crippen MR) is 52.7 cm³/mol. The van der Waals surface area contributed by atoms with Gasteiger partial charge in [-0.15, -0.1) is 0 Å². The lowest BCUT2D eigenvalue weighted by atomic mass is 10.1. The first-order chi connectivity index (χ1) is 5.88. The van der Waals surface area contributed by atoms with Crippen molar-refractivity contribution in [2.75, 3.05) is 6.61 Å². The second-order valence-electron chi connectivity index (χ2n) is 2.42. The van der Waals surface area contributed by atoms with E-state index in [0.29, 0.717) is 0 Å². The molecule has 0 aliphatic heterocycles. The van der Waals surface area contributed by atoms with Crippen LogP contribution in [0, 0.1) is 0 Å². The van der Waals surface area contributed by atoms with Crippen molar-refractivity contribution in [1.29, 1.82) is 0 Å². The molecule has 0 spiro atoms. The molecule has 1 rings (SSSR count). The van der Waals surface area contributed by atoms with Gasteiger partial charge in [-0.2, -0.15) is 0 Å². The number of aliphatic hydroxyl groups is 1. The van der Waals surface area contributed by atoms with Crippen LogP contribution in [0.3, 0.4) is 0 Å². The third-order valence-electron chi connectivity index (χ3n) is 1.62.